The Morgan fingerprint density at radius 3 is 2.16 bits per heavy atom. The van der Waals surface area contributed by atoms with Gasteiger partial charge in [-0.3, -0.25) is 14.4 Å². The molecule has 0 aliphatic heterocycles. The Morgan fingerprint density at radius 2 is 1.56 bits per heavy atom. The molecule has 13 nitrogen and oxygen atoms in total. The first-order chi connectivity index (χ1) is 20.2. The fourth-order valence-corrected chi connectivity index (χ4v) is 3.61. The Kier molecular flexibility index (Phi) is 10.3. The molecule has 13 heteroatoms. The Labute approximate surface area is 250 Å². The van der Waals surface area contributed by atoms with Crippen LogP contribution in [0.3, 0.4) is 0 Å². The van der Waals surface area contributed by atoms with Crippen LogP contribution in [-0.4, -0.2) is 51.5 Å². The molecule has 0 fully saturated rings. The molecule has 0 aliphatic rings. The molecule has 0 unspecified atom stereocenters. The summed E-state index contributed by atoms with van der Waals surface area (Å²) in [5.74, 6) is -0.907. The number of ether oxygens (including phenoxy) is 1. The summed E-state index contributed by atoms with van der Waals surface area (Å²) < 4.78 is 5.25. The maximum atomic E-state index is 13.3. The van der Waals surface area contributed by atoms with E-state index in [0.717, 1.165) is 6.42 Å². The first-order valence-electron chi connectivity index (χ1n) is 13.7. The van der Waals surface area contributed by atoms with Crippen molar-refractivity contribution < 1.29 is 23.9 Å². The lowest BCUT2D eigenvalue weighted by atomic mass is 10.0. The molecule has 2 aromatic carbocycles. The van der Waals surface area contributed by atoms with Gasteiger partial charge in [-0.05, 0) is 83.5 Å². The zero-order chi connectivity index (χ0) is 31.8. The quantitative estimate of drug-likeness (QED) is 0.185. The lowest BCUT2D eigenvalue weighted by Gasteiger charge is -2.27. The molecule has 0 atom stereocenters. The molecular weight excluding hydrogens is 552 g/mol. The monoisotopic (exact) mass is 590 g/mol. The fraction of sp³-hybridized carbons (Fsp3) is 0.333. The summed E-state index contributed by atoms with van der Waals surface area (Å²) in [6.07, 6.45) is 1.48. The van der Waals surface area contributed by atoms with Crippen LogP contribution in [0.5, 0.6) is 0 Å². The predicted molar refractivity (Wildman–Crippen MR) is 166 cm³/mol. The van der Waals surface area contributed by atoms with E-state index >= 15 is 0 Å². The maximum absolute atomic E-state index is 13.3. The molecule has 1 aromatic heterocycles. The van der Waals surface area contributed by atoms with Crippen molar-refractivity contribution in [2.75, 3.05) is 27.8 Å². The number of anilines is 5. The fourth-order valence-electron chi connectivity index (χ4n) is 3.61. The largest absolute Gasteiger partial charge is 0.444 e. The average molecular weight is 591 g/mol. The van der Waals surface area contributed by atoms with E-state index in [1.807, 2.05) is 6.92 Å². The van der Waals surface area contributed by atoms with Crippen molar-refractivity contribution >= 4 is 52.6 Å². The number of primary amides is 1. The Bertz CT molecular complexity index is 1480. The van der Waals surface area contributed by atoms with Crippen molar-refractivity contribution in [2.24, 2.45) is 5.73 Å². The van der Waals surface area contributed by atoms with E-state index in [1.165, 1.54) is 6.20 Å². The molecule has 0 spiro atoms. The highest BCUT2D eigenvalue weighted by Crippen LogP contribution is 2.22. The molecule has 3 rings (SSSR count). The standard InChI is InChI=1S/C30H38N8O5/c1-7-15-32-24-22(17-33-27(37-24)36-19-13-11-18(12-14-19)23(31)39)25(40)34-20-9-8-10-21(16-20)35-26(41)30(5,6)38-28(42)43-29(2,3)4/h8-14,16-17H,7,15H2,1-6H3,(H2,31,39)(H,34,40)(H,35,41)(H,38,42)(H2,32,33,36,37). The molecule has 0 bridgehead atoms. The van der Waals surface area contributed by atoms with Crippen LogP contribution in [0, 0.1) is 0 Å². The summed E-state index contributed by atoms with van der Waals surface area (Å²) in [5, 5.41) is 14.3. The van der Waals surface area contributed by atoms with Gasteiger partial charge in [0.15, 0.2) is 0 Å². The summed E-state index contributed by atoms with van der Waals surface area (Å²) in [5.41, 5.74) is 5.34. The highest BCUT2D eigenvalue weighted by molar-refractivity contribution is 6.08. The Hall–Kier alpha value is -5.20. The lowest BCUT2D eigenvalue weighted by Crippen LogP contribution is -2.53. The average Bonchev–Trinajstić information content (AvgIpc) is 2.91. The number of nitrogens with zero attached hydrogens (tertiary/aromatic N) is 2. The van der Waals surface area contributed by atoms with Gasteiger partial charge < -0.3 is 37.1 Å². The van der Waals surface area contributed by atoms with Crippen LogP contribution in [0.25, 0.3) is 0 Å². The van der Waals surface area contributed by atoms with Gasteiger partial charge in [0.2, 0.25) is 17.8 Å². The van der Waals surface area contributed by atoms with E-state index in [1.54, 1.807) is 83.1 Å². The van der Waals surface area contributed by atoms with Crippen molar-refractivity contribution in [3.63, 3.8) is 0 Å². The number of nitrogens with two attached hydrogens (primary N) is 1. The third kappa shape index (κ3) is 9.69. The number of aromatic nitrogens is 2. The summed E-state index contributed by atoms with van der Waals surface area (Å²) in [4.78, 5) is 58.4. The molecule has 0 radical (unpaired) electrons. The molecule has 228 valence electrons. The number of rotatable bonds is 11. The van der Waals surface area contributed by atoms with Gasteiger partial charge in [-0.1, -0.05) is 13.0 Å². The molecule has 0 saturated carbocycles. The second-order valence-electron chi connectivity index (χ2n) is 11.2. The highest BCUT2D eigenvalue weighted by Gasteiger charge is 2.31. The number of hydrogen-bond donors (Lipinski definition) is 6. The molecule has 0 aliphatic carbocycles. The summed E-state index contributed by atoms with van der Waals surface area (Å²) >= 11 is 0. The number of amides is 4. The number of carbonyl (C=O) groups is 4. The first kappa shape index (κ1) is 32.3. The van der Waals surface area contributed by atoms with E-state index in [9.17, 15) is 19.2 Å². The third-order valence-electron chi connectivity index (χ3n) is 5.76. The number of alkyl carbamates (subject to hydrolysis) is 1. The molecular formula is C30H38N8O5. The van der Waals surface area contributed by atoms with E-state index in [0.29, 0.717) is 35.0 Å². The molecule has 1 heterocycles. The summed E-state index contributed by atoms with van der Waals surface area (Å²) in [6.45, 7) is 10.8. The SMILES string of the molecule is CCCNc1nc(Nc2ccc(C(N)=O)cc2)ncc1C(=O)Nc1cccc(NC(=O)C(C)(C)NC(=O)OC(C)(C)C)c1. The summed E-state index contributed by atoms with van der Waals surface area (Å²) in [7, 11) is 0. The van der Waals surface area contributed by atoms with Crippen molar-refractivity contribution in [1.82, 2.24) is 15.3 Å². The van der Waals surface area contributed by atoms with Gasteiger partial charge in [0.25, 0.3) is 5.91 Å². The van der Waals surface area contributed by atoms with Crippen LogP contribution in [0.4, 0.5) is 33.6 Å². The van der Waals surface area contributed by atoms with E-state index < -0.39 is 35.0 Å². The minimum atomic E-state index is -1.28. The van der Waals surface area contributed by atoms with Crippen molar-refractivity contribution in [2.45, 2.75) is 59.1 Å². The van der Waals surface area contributed by atoms with E-state index in [2.05, 4.69) is 36.6 Å². The smallest absolute Gasteiger partial charge is 0.408 e. The Morgan fingerprint density at radius 1 is 0.907 bits per heavy atom. The van der Waals surface area contributed by atoms with E-state index in [-0.39, 0.29) is 11.5 Å². The van der Waals surface area contributed by atoms with Crippen LogP contribution in [0.15, 0.2) is 54.7 Å². The van der Waals surface area contributed by atoms with Gasteiger partial charge >= 0.3 is 6.09 Å². The molecule has 4 amide bonds. The predicted octanol–water partition coefficient (Wildman–Crippen LogP) is 4.64. The van der Waals surface area contributed by atoms with Crippen LogP contribution in [0.1, 0.15) is 68.7 Å². The van der Waals surface area contributed by atoms with Crippen molar-refractivity contribution in [3.05, 3.63) is 65.9 Å². The number of hydrogen-bond acceptors (Lipinski definition) is 9. The van der Waals surface area contributed by atoms with Crippen molar-refractivity contribution in [1.29, 1.82) is 0 Å². The van der Waals surface area contributed by atoms with Crippen LogP contribution < -0.4 is 32.3 Å². The Balaban J connectivity index is 1.72. The molecule has 7 N–H and O–H groups in total. The molecule has 3 aromatic rings. The highest BCUT2D eigenvalue weighted by atomic mass is 16.6. The second kappa shape index (κ2) is 13.6. The number of carbonyl (C=O) groups excluding carboxylic acids is 4. The lowest BCUT2D eigenvalue weighted by molar-refractivity contribution is -0.121. The minimum absolute atomic E-state index is 0.209. The topological polar surface area (TPSA) is 189 Å². The molecule has 43 heavy (non-hydrogen) atoms. The zero-order valence-electron chi connectivity index (χ0n) is 25.1. The van der Waals surface area contributed by atoms with Gasteiger partial charge in [0.05, 0.1) is 0 Å². The third-order valence-corrected chi connectivity index (χ3v) is 5.76. The number of benzene rings is 2. The van der Waals surface area contributed by atoms with Crippen molar-refractivity contribution in [3.8, 4) is 0 Å². The van der Waals surface area contributed by atoms with Gasteiger partial charge in [0.1, 0.15) is 22.5 Å². The van der Waals surface area contributed by atoms with E-state index in [4.69, 9.17) is 10.5 Å². The van der Waals surface area contributed by atoms with Crippen LogP contribution in [-0.2, 0) is 9.53 Å². The molecule has 0 saturated heterocycles. The normalized spacial score (nSPS) is 11.2. The summed E-state index contributed by atoms with van der Waals surface area (Å²) in [6, 6.07) is 13.1. The first-order valence-corrected chi connectivity index (χ1v) is 13.7. The van der Waals surface area contributed by atoms with Crippen LogP contribution in [0.2, 0.25) is 0 Å². The van der Waals surface area contributed by atoms with Gasteiger partial charge in [-0.25, -0.2) is 9.78 Å². The van der Waals surface area contributed by atoms with Crippen LogP contribution >= 0.6 is 0 Å². The number of nitrogens with one attached hydrogen (secondary N) is 5. The van der Waals surface area contributed by atoms with Gasteiger partial charge in [-0.2, -0.15) is 4.98 Å². The zero-order valence-corrected chi connectivity index (χ0v) is 25.1. The maximum Gasteiger partial charge on any atom is 0.408 e. The second-order valence-corrected chi connectivity index (χ2v) is 11.2. The minimum Gasteiger partial charge on any atom is -0.444 e. The van der Waals surface area contributed by atoms with Gasteiger partial charge in [-0.15, -0.1) is 0 Å². The van der Waals surface area contributed by atoms with Gasteiger partial charge in [0, 0.05) is 35.4 Å².